The van der Waals surface area contributed by atoms with E-state index in [1.165, 1.54) is 0 Å². The quantitative estimate of drug-likeness (QED) is 0.705. The lowest BCUT2D eigenvalue weighted by molar-refractivity contribution is 0.518. The van der Waals surface area contributed by atoms with Crippen molar-refractivity contribution in [1.29, 1.82) is 0 Å². The average molecular weight is 199 g/mol. The Balaban J connectivity index is 2.17. The third-order valence-corrected chi connectivity index (χ3v) is 2.17. The molecule has 0 unspecified atom stereocenters. The molecule has 0 aliphatic rings. The predicted molar refractivity (Wildman–Crippen MR) is 60.5 cm³/mol. The van der Waals surface area contributed by atoms with E-state index >= 15 is 0 Å². The van der Waals surface area contributed by atoms with Crippen LogP contribution < -0.4 is 0 Å². The first-order valence-electron chi connectivity index (χ1n) is 5.01. The van der Waals surface area contributed by atoms with Crippen molar-refractivity contribution in [1.82, 2.24) is 4.98 Å². The Labute approximate surface area is 89.3 Å². The molecule has 0 radical (unpaired) electrons. The van der Waals surface area contributed by atoms with E-state index in [4.69, 9.17) is 4.42 Å². The van der Waals surface area contributed by atoms with E-state index in [0.29, 0.717) is 5.89 Å². The zero-order valence-corrected chi connectivity index (χ0v) is 8.52. The third-order valence-electron chi connectivity index (χ3n) is 2.17. The van der Waals surface area contributed by atoms with Gasteiger partial charge in [-0.25, -0.2) is 4.98 Å². The zero-order valence-electron chi connectivity index (χ0n) is 8.52. The Bertz CT molecular complexity index is 431. The molecule has 1 aromatic carbocycles. The normalized spacial score (nSPS) is 10.1. The maximum absolute atomic E-state index is 5.61. The first-order chi connectivity index (χ1) is 7.40. The Morgan fingerprint density at radius 1 is 1.27 bits per heavy atom. The summed E-state index contributed by atoms with van der Waals surface area (Å²) in [5, 5.41) is 0. The second kappa shape index (κ2) is 4.60. The second-order valence-corrected chi connectivity index (χ2v) is 3.33. The van der Waals surface area contributed by atoms with Crippen molar-refractivity contribution in [2.75, 3.05) is 0 Å². The van der Waals surface area contributed by atoms with E-state index in [2.05, 4.69) is 11.6 Å². The SMILES string of the molecule is C=CCCc1cnc(-c2ccccc2)o1. The molecule has 2 rings (SSSR count). The van der Waals surface area contributed by atoms with Gasteiger partial charge in [-0.3, -0.25) is 0 Å². The fourth-order valence-electron chi connectivity index (χ4n) is 1.38. The minimum atomic E-state index is 0.690. The first kappa shape index (κ1) is 9.71. The highest BCUT2D eigenvalue weighted by Gasteiger charge is 2.04. The largest absolute Gasteiger partial charge is 0.441 e. The highest BCUT2D eigenvalue weighted by Crippen LogP contribution is 2.19. The average Bonchev–Trinajstić information content (AvgIpc) is 2.76. The Morgan fingerprint density at radius 2 is 2.07 bits per heavy atom. The molecule has 15 heavy (non-hydrogen) atoms. The number of aromatic nitrogens is 1. The van der Waals surface area contributed by atoms with Crippen LogP contribution in [0, 0.1) is 0 Å². The van der Waals surface area contributed by atoms with Crippen LogP contribution in [-0.2, 0) is 6.42 Å². The summed E-state index contributed by atoms with van der Waals surface area (Å²) in [5.41, 5.74) is 1.02. The van der Waals surface area contributed by atoms with Crippen molar-refractivity contribution >= 4 is 0 Å². The van der Waals surface area contributed by atoms with E-state index in [1.807, 2.05) is 36.4 Å². The molecular formula is C13H13NO. The lowest BCUT2D eigenvalue weighted by Crippen LogP contribution is -1.77. The van der Waals surface area contributed by atoms with Crippen molar-refractivity contribution in [3.63, 3.8) is 0 Å². The van der Waals surface area contributed by atoms with Gasteiger partial charge in [-0.05, 0) is 18.6 Å². The van der Waals surface area contributed by atoms with Gasteiger partial charge < -0.3 is 4.42 Å². The van der Waals surface area contributed by atoms with Gasteiger partial charge in [-0.1, -0.05) is 24.3 Å². The van der Waals surface area contributed by atoms with Crippen LogP contribution in [0.25, 0.3) is 11.5 Å². The Hall–Kier alpha value is -1.83. The molecule has 0 fully saturated rings. The molecule has 0 atom stereocenters. The molecule has 76 valence electrons. The summed E-state index contributed by atoms with van der Waals surface area (Å²) in [7, 11) is 0. The standard InChI is InChI=1S/C13H13NO/c1-2-3-9-12-10-14-13(15-12)11-7-5-4-6-8-11/h2,4-8,10H,1,3,9H2. The van der Waals surface area contributed by atoms with Gasteiger partial charge in [0.2, 0.25) is 5.89 Å². The molecular weight excluding hydrogens is 186 g/mol. The van der Waals surface area contributed by atoms with Gasteiger partial charge in [-0.2, -0.15) is 0 Å². The Kier molecular flexibility index (Phi) is 2.98. The first-order valence-corrected chi connectivity index (χ1v) is 5.01. The van der Waals surface area contributed by atoms with E-state index in [1.54, 1.807) is 6.20 Å². The molecule has 0 aliphatic heterocycles. The van der Waals surface area contributed by atoms with Crippen LogP contribution in [0.1, 0.15) is 12.2 Å². The number of hydrogen-bond acceptors (Lipinski definition) is 2. The molecule has 0 aliphatic carbocycles. The molecule has 0 spiro atoms. The van der Waals surface area contributed by atoms with Gasteiger partial charge in [-0.15, -0.1) is 6.58 Å². The molecule has 0 saturated carbocycles. The highest BCUT2D eigenvalue weighted by atomic mass is 16.4. The summed E-state index contributed by atoms with van der Waals surface area (Å²) in [6.07, 6.45) is 5.45. The van der Waals surface area contributed by atoms with Gasteiger partial charge in [0, 0.05) is 12.0 Å². The van der Waals surface area contributed by atoms with Crippen LogP contribution in [0.15, 0.2) is 53.6 Å². The molecule has 1 aromatic heterocycles. The van der Waals surface area contributed by atoms with Gasteiger partial charge in [0.25, 0.3) is 0 Å². The van der Waals surface area contributed by atoms with Crippen molar-refractivity contribution in [2.45, 2.75) is 12.8 Å². The van der Waals surface area contributed by atoms with E-state index in [-0.39, 0.29) is 0 Å². The molecule has 2 nitrogen and oxygen atoms in total. The lowest BCUT2D eigenvalue weighted by atomic mass is 10.2. The highest BCUT2D eigenvalue weighted by molar-refractivity contribution is 5.52. The van der Waals surface area contributed by atoms with Crippen molar-refractivity contribution < 1.29 is 4.42 Å². The smallest absolute Gasteiger partial charge is 0.226 e. The minimum Gasteiger partial charge on any atom is -0.441 e. The maximum atomic E-state index is 5.61. The summed E-state index contributed by atoms with van der Waals surface area (Å²) in [6.45, 7) is 3.68. The van der Waals surface area contributed by atoms with Crippen molar-refractivity contribution in [3.05, 3.63) is 54.9 Å². The summed E-state index contributed by atoms with van der Waals surface area (Å²) in [6, 6.07) is 9.91. The topological polar surface area (TPSA) is 26.0 Å². The summed E-state index contributed by atoms with van der Waals surface area (Å²) >= 11 is 0. The number of hydrogen-bond donors (Lipinski definition) is 0. The van der Waals surface area contributed by atoms with Crippen molar-refractivity contribution in [3.8, 4) is 11.5 Å². The van der Waals surface area contributed by atoms with Crippen LogP contribution in [0.4, 0.5) is 0 Å². The minimum absolute atomic E-state index is 0.690. The maximum Gasteiger partial charge on any atom is 0.226 e. The molecule has 2 heteroatoms. The number of rotatable bonds is 4. The number of allylic oxidation sites excluding steroid dienone is 1. The zero-order chi connectivity index (χ0) is 10.5. The summed E-state index contributed by atoms with van der Waals surface area (Å²) in [4.78, 5) is 4.24. The van der Waals surface area contributed by atoms with Gasteiger partial charge >= 0.3 is 0 Å². The molecule has 1 heterocycles. The van der Waals surface area contributed by atoms with Gasteiger partial charge in [0.1, 0.15) is 5.76 Å². The Morgan fingerprint density at radius 3 is 2.80 bits per heavy atom. The molecule has 0 bridgehead atoms. The molecule has 0 saturated heterocycles. The molecule has 2 aromatic rings. The number of nitrogens with zero attached hydrogens (tertiary/aromatic N) is 1. The fraction of sp³-hybridized carbons (Fsp3) is 0.154. The van der Waals surface area contributed by atoms with E-state index in [9.17, 15) is 0 Å². The second-order valence-electron chi connectivity index (χ2n) is 3.33. The van der Waals surface area contributed by atoms with Gasteiger partial charge in [0.05, 0.1) is 6.20 Å². The van der Waals surface area contributed by atoms with Crippen LogP contribution in [0.5, 0.6) is 0 Å². The van der Waals surface area contributed by atoms with Crippen LogP contribution in [-0.4, -0.2) is 4.98 Å². The predicted octanol–water partition coefficient (Wildman–Crippen LogP) is 3.46. The summed E-state index contributed by atoms with van der Waals surface area (Å²) < 4.78 is 5.61. The monoisotopic (exact) mass is 199 g/mol. The van der Waals surface area contributed by atoms with Crippen LogP contribution >= 0.6 is 0 Å². The van der Waals surface area contributed by atoms with Crippen LogP contribution in [0.3, 0.4) is 0 Å². The van der Waals surface area contributed by atoms with Crippen molar-refractivity contribution in [2.24, 2.45) is 0 Å². The van der Waals surface area contributed by atoms with Gasteiger partial charge in [0.15, 0.2) is 0 Å². The molecule has 0 N–H and O–H groups in total. The third kappa shape index (κ3) is 2.34. The van der Waals surface area contributed by atoms with E-state index in [0.717, 1.165) is 24.2 Å². The molecule has 0 amide bonds. The number of oxazole rings is 1. The fourth-order valence-corrected chi connectivity index (χ4v) is 1.38. The summed E-state index contributed by atoms with van der Waals surface area (Å²) in [5.74, 6) is 1.60. The number of benzene rings is 1. The van der Waals surface area contributed by atoms with Crippen LogP contribution in [0.2, 0.25) is 0 Å². The van der Waals surface area contributed by atoms with E-state index < -0.39 is 0 Å². The lowest BCUT2D eigenvalue weighted by Gasteiger charge is -1.93. The number of aryl methyl sites for hydroxylation is 1.